The minimum Gasteiger partial charge on any atom is -0.310 e. The topological polar surface area (TPSA) is 34.0 Å². The van der Waals surface area contributed by atoms with Gasteiger partial charge in [-0.05, 0) is 71.1 Å². The molecule has 7 rings (SSSR count). The van der Waals surface area contributed by atoms with Gasteiger partial charge in [0, 0.05) is 52.7 Å². The van der Waals surface area contributed by atoms with Crippen LogP contribution in [0.5, 0.6) is 0 Å². The number of hydrogen-bond acceptors (Lipinski definition) is 3. The summed E-state index contributed by atoms with van der Waals surface area (Å²) >= 11 is 0. The molecule has 1 aliphatic heterocycles. The Kier molecular flexibility index (Phi) is 6.24. The van der Waals surface area contributed by atoms with E-state index in [1.165, 1.54) is 22.4 Å². The molecule has 4 aromatic carbocycles. The highest BCUT2D eigenvalue weighted by Crippen LogP contribution is 2.45. The molecule has 0 fully saturated rings. The van der Waals surface area contributed by atoms with E-state index in [-0.39, 0.29) is 5.92 Å². The zero-order chi connectivity index (χ0) is 27.9. The molecule has 0 saturated heterocycles. The van der Waals surface area contributed by atoms with Gasteiger partial charge in [0.2, 0.25) is 0 Å². The van der Waals surface area contributed by atoms with E-state index in [4.69, 9.17) is 4.98 Å². The summed E-state index contributed by atoms with van der Waals surface area (Å²) in [5.74, 6) is 1.62. The smallest absolute Gasteiger partial charge is 0.144 e. The predicted octanol–water partition coefficient (Wildman–Crippen LogP) is 9.66. The van der Waals surface area contributed by atoms with Gasteiger partial charge in [-0.2, -0.15) is 0 Å². The first-order valence-electron chi connectivity index (χ1n) is 14.3. The van der Waals surface area contributed by atoms with Crippen molar-refractivity contribution >= 4 is 17.1 Å². The molecule has 41 heavy (non-hydrogen) atoms. The second kappa shape index (κ2) is 10.2. The SMILES string of the molecule is CC(C)c1cccc2c1-n1ccnc1-c1cc(N(c3ccccc3)c3cccc(-c4ccccn4)c3)ccc1C2C. The Morgan fingerprint density at radius 1 is 0.683 bits per heavy atom. The van der Waals surface area contributed by atoms with Crippen LogP contribution in [-0.2, 0) is 0 Å². The third-order valence-corrected chi connectivity index (χ3v) is 8.15. The van der Waals surface area contributed by atoms with Gasteiger partial charge in [-0.1, -0.05) is 81.4 Å². The zero-order valence-electron chi connectivity index (χ0n) is 23.6. The standard InChI is InChI=1S/C37H32N4/c1-25(2)31-15-10-16-33-26(3)32-19-18-30(24-34(32)37-39-21-22-40(37)36(31)33)41(28-12-5-4-6-13-28)29-14-9-11-27(23-29)35-17-7-8-20-38-35/h4-26H,1-3H3. The summed E-state index contributed by atoms with van der Waals surface area (Å²) in [6, 6.07) is 38.8. The molecule has 0 aliphatic carbocycles. The average molecular weight is 533 g/mol. The van der Waals surface area contributed by atoms with Crippen molar-refractivity contribution in [3.05, 3.63) is 144 Å². The molecule has 4 heteroatoms. The normalized spacial score (nSPS) is 13.7. The molecule has 2 aromatic heterocycles. The average Bonchev–Trinajstić information content (AvgIpc) is 3.48. The fourth-order valence-electron chi connectivity index (χ4n) is 6.14. The lowest BCUT2D eigenvalue weighted by molar-refractivity contribution is 0.831. The zero-order valence-corrected chi connectivity index (χ0v) is 23.6. The van der Waals surface area contributed by atoms with Crippen LogP contribution in [0.15, 0.2) is 128 Å². The van der Waals surface area contributed by atoms with Crippen LogP contribution in [0.3, 0.4) is 0 Å². The maximum atomic E-state index is 4.93. The van der Waals surface area contributed by atoms with E-state index in [2.05, 4.69) is 138 Å². The Morgan fingerprint density at radius 3 is 2.27 bits per heavy atom. The van der Waals surface area contributed by atoms with Crippen molar-refractivity contribution in [2.24, 2.45) is 0 Å². The number of hydrogen-bond donors (Lipinski definition) is 0. The molecule has 6 aromatic rings. The molecule has 3 heterocycles. The molecule has 1 unspecified atom stereocenters. The monoisotopic (exact) mass is 532 g/mol. The van der Waals surface area contributed by atoms with Crippen LogP contribution in [-0.4, -0.2) is 14.5 Å². The number of pyridine rings is 1. The van der Waals surface area contributed by atoms with Crippen LogP contribution in [0.2, 0.25) is 0 Å². The van der Waals surface area contributed by atoms with E-state index in [9.17, 15) is 0 Å². The first-order chi connectivity index (χ1) is 20.1. The summed E-state index contributed by atoms with van der Waals surface area (Å²) in [5.41, 5.74) is 11.7. The Hall–Kier alpha value is -4.96. The van der Waals surface area contributed by atoms with Gasteiger partial charge in [0.05, 0.1) is 11.4 Å². The highest BCUT2D eigenvalue weighted by atomic mass is 15.1. The quantitative estimate of drug-likeness (QED) is 0.222. The molecule has 4 nitrogen and oxygen atoms in total. The van der Waals surface area contributed by atoms with E-state index < -0.39 is 0 Å². The van der Waals surface area contributed by atoms with Gasteiger partial charge in [0.15, 0.2) is 0 Å². The van der Waals surface area contributed by atoms with Crippen molar-refractivity contribution in [1.29, 1.82) is 0 Å². The first-order valence-corrected chi connectivity index (χ1v) is 14.3. The molecule has 0 radical (unpaired) electrons. The second-order valence-corrected chi connectivity index (χ2v) is 11.0. The van der Waals surface area contributed by atoms with E-state index in [1.54, 1.807) is 0 Å². The van der Waals surface area contributed by atoms with Crippen molar-refractivity contribution in [2.45, 2.75) is 32.6 Å². The first kappa shape index (κ1) is 25.0. The van der Waals surface area contributed by atoms with Gasteiger partial charge in [-0.25, -0.2) is 4.98 Å². The van der Waals surface area contributed by atoms with Crippen LogP contribution in [0.25, 0.3) is 28.3 Å². The van der Waals surface area contributed by atoms with Gasteiger partial charge in [0.25, 0.3) is 0 Å². The van der Waals surface area contributed by atoms with Crippen molar-refractivity contribution in [1.82, 2.24) is 14.5 Å². The lowest BCUT2D eigenvalue weighted by Gasteiger charge is -2.27. The Labute approximate surface area is 241 Å². The van der Waals surface area contributed by atoms with Crippen molar-refractivity contribution in [3.63, 3.8) is 0 Å². The summed E-state index contributed by atoms with van der Waals surface area (Å²) in [6.07, 6.45) is 5.88. The third kappa shape index (κ3) is 4.33. The molecule has 0 bridgehead atoms. The molecule has 0 spiro atoms. The van der Waals surface area contributed by atoms with Crippen molar-refractivity contribution in [3.8, 4) is 28.3 Å². The van der Waals surface area contributed by atoms with Gasteiger partial charge in [-0.15, -0.1) is 0 Å². The number of rotatable bonds is 5. The second-order valence-electron chi connectivity index (χ2n) is 11.0. The van der Waals surface area contributed by atoms with Gasteiger partial charge >= 0.3 is 0 Å². The number of anilines is 3. The lowest BCUT2D eigenvalue weighted by atomic mass is 9.87. The van der Waals surface area contributed by atoms with Gasteiger partial charge in [-0.3, -0.25) is 9.55 Å². The maximum absolute atomic E-state index is 4.93. The van der Waals surface area contributed by atoms with Crippen LogP contribution in [0.1, 0.15) is 49.3 Å². The fraction of sp³-hybridized carbons (Fsp3) is 0.135. The van der Waals surface area contributed by atoms with E-state index in [0.717, 1.165) is 39.7 Å². The molecule has 0 amide bonds. The Balaban J connectivity index is 1.42. The molecule has 1 atom stereocenters. The Morgan fingerprint density at radius 2 is 1.46 bits per heavy atom. The predicted molar refractivity (Wildman–Crippen MR) is 169 cm³/mol. The summed E-state index contributed by atoms with van der Waals surface area (Å²) in [6.45, 7) is 6.85. The van der Waals surface area contributed by atoms with E-state index >= 15 is 0 Å². The molecular weight excluding hydrogens is 500 g/mol. The summed E-state index contributed by atoms with van der Waals surface area (Å²) in [4.78, 5) is 11.8. The number of aromatic nitrogens is 3. The highest BCUT2D eigenvalue weighted by molar-refractivity contribution is 5.83. The Bertz CT molecular complexity index is 1840. The minimum atomic E-state index is 0.229. The summed E-state index contributed by atoms with van der Waals surface area (Å²) in [5, 5.41) is 0. The van der Waals surface area contributed by atoms with E-state index in [1.807, 2.05) is 24.5 Å². The molecule has 0 saturated carbocycles. The van der Waals surface area contributed by atoms with Crippen LogP contribution < -0.4 is 4.90 Å². The molecule has 1 aliphatic rings. The summed E-state index contributed by atoms with van der Waals surface area (Å²) in [7, 11) is 0. The van der Waals surface area contributed by atoms with Crippen molar-refractivity contribution < 1.29 is 0 Å². The highest BCUT2D eigenvalue weighted by Gasteiger charge is 2.28. The largest absolute Gasteiger partial charge is 0.310 e. The van der Waals surface area contributed by atoms with Crippen LogP contribution >= 0.6 is 0 Å². The maximum Gasteiger partial charge on any atom is 0.144 e. The molecule has 0 N–H and O–H groups in total. The molecular formula is C37H32N4. The number of imidazole rings is 1. The molecule has 200 valence electrons. The minimum absolute atomic E-state index is 0.229. The summed E-state index contributed by atoms with van der Waals surface area (Å²) < 4.78 is 2.30. The van der Waals surface area contributed by atoms with Gasteiger partial charge in [0.1, 0.15) is 5.82 Å². The van der Waals surface area contributed by atoms with Crippen molar-refractivity contribution in [2.75, 3.05) is 4.90 Å². The third-order valence-electron chi connectivity index (χ3n) is 8.15. The van der Waals surface area contributed by atoms with Crippen LogP contribution in [0.4, 0.5) is 17.1 Å². The number of para-hydroxylation sites is 2. The number of nitrogens with zero attached hydrogens (tertiary/aromatic N) is 4. The van der Waals surface area contributed by atoms with E-state index in [0.29, 0.717) is 5.92 Å². The van der Waals surface area contributed by atoms with Gasteiger partial charge < -0.3 is 4.90 Å². The van der Waals surface area contributed by atoms with Crippen LogP contribution in [0, 0.1) is 0 Å². The lowest BCUT2D eigenvalue weighted by Crippen LogP contribution is -2.11. The fourth-order valence-corrected chi connectivity index (χ4v) is 6.14. The number of benzene rings is 4. The number of fused-ring (bicyclic) bond motifs is 5.